The van der Waals surface area contributed by atoms with Crippen molar-refractivity contribution in [3.63, 3.8) is 0 Å². The Morgan fingerprint density at radius 3 is 2.76 bits per heavy atom. The van der Waals surface area contributed by atoms with E-state index in [1.807, 2.05) is 36.2 Å². The molecule has 0 radical (unpaired) electrons. The highest BCUT2D eigenvalue weighted by Gasteiger charge is 2.22. The molecule has 0 unspecified atom stereocenters. The average Bonchev–Trinajstić information content (AvgIpc) is 2.38. The fraction of sp³-hybridized carbons (Fsp3) is 0.462. The smallest absolute Gasteiger partial charge is 0.253 e. The van der Waals surface area contributed by atoms with E-state index in [9.17, 15) is 4.79 Å². The van der Waals surface area contributed by atoms with Gasteiger partial charge in [-0.2, -0.15) is 0 Å². The fourth-order valence-electron chi connectivity index (χ4n) is 2.20. The number of piperidine rings is 1. The summed E-state index contributed by atoms with van der Waals surface area (Å²) >= 11 is 4.26. The van der Waals surface area contributed by atoms with E-state index in [-0.39, 0.29) is 5.91 Å². The minimum absolute atomic E-state index is 0.0906. The van der Waals surface area contributed by atoms with E-state index in [0.29, 0.717) is 6.04 Å². The Morgan fingerprint density at radius 1 is 1.41 bits per heavy atom. The summed E-state index contributed by atoms with van der Waals surface area (Å²) in [6.45, 7) is 1.99. The van der Waals surface area contributed by atoms with Crippen LogP contribution >= 0.6 is 12.6 Å². The van der Waals surface area contributed by atoms with Gasteiger partial charge in [0.2, 0.25) is 0 Å². The van der Waals surface area contributed by atoms with Gasteiger partial charge in [-0.1, -0.05) is 6.07 Å². The molecular formula is C13H18N2OS. The summed E-state index contributed by atoms with van der Waals surface area (Å²) in [6, 6.07) is 7.77. The van der Waals surface area contributed by atoms with E-state index in [1.165, 1.54) is 0 Å². The number of amides is 1. The molecule has 1 aliphatic rings. The molecule has 2 rings (SSSR count). The third kappa shape index (κ3) is 3.01. The Labute approximate surface area is 108 Å². The van der Waals surface area contributed by atoms with Gasteiger partial charge in [0.1, 0.15) is 0 Å². The minimum atomic E-state index is 0.0906. The molecular weight excluding hydrogens is 232 g/mol. The van der Waals surface area contributed by atoms with E-state index >= 15 is 0 Å². The largest absolute Gasteiger partial charge is 0.339 e. The second-order valence-electron chi connectivity index (χ2n) is 4.45. The molecule has 1 heterocycles. The van der Waals surface area contributed by atoms with Crippen molar-refractivity contribution in [2.75, 3.05) is 20.1 Å². The number of nitrogens with zero attached hydrogens (tertiary/aromatic N) is 1. The van der Waals surface area contributed by atoms with Crippen LogP contribution in [0.2, 0.25) is 0 Å². The van der Waals surface area contributed by atoms with E-state index in [2.05, 4.69) is 17.9 Å². The average molecular weight is 250 g/mol. The van der Waals surface area contributed by atoms with E-state index in [4.69, 9.17) is 0 Å². The number of nitrogens with one attached hydrogen (secondary N) is 1. The quantitative estimate of drug-likeness (QED) is 0.785. The predicted octanol–water partition coefficient (Wildman–Crippen LogP) is 1.80. The van der Waals surface area contributed by atoms with Crippen LogP contribution < -0.4 is 5.32 Å². The van der Waals surface area contributed by atoms with Gasteiger partial charge in [-0.15, -0.1) is 12.6 Å². The van der Waals surface area contributed by atoms with Gasteiger partial charge in [0, 0.05) is 23.5 Å². The summed E-state index contributed by atoms with van der Waals surface area (Å²) in [7, 11) is 1.89. The molecule has 1 aromatic rings. The molecule has 0 saturated carbocycles. The predicted molar refractivity (Wildman–Crippen MR) is 71.7 cm³/mol. The Bertz CT molecular complexity index is 402. The summed E-state index contributed by atoms with van der Waals surface area (Å²) in [4.78, 5) is 15.0. The maximum absolute atomic E-state index is 12.3. The number of rotatable bonds is 2. The van der Waals surface area contributed by atoms with Gasteiger partial charge < -0.3 is 10.2 Å². The Morgan fingerprint density at radius 2 is 2.12 bits per heavy atom. The molecule has 3 nitrogen and oxygen atoms in total. The second-order valence-corrected chi connectivity index (χ2v) is 4.96. The third-order valence-corrected chi connectivity index (χ3v) is 3.55. The lowest BCUT2D eigenvalue weighted by molar-refractivity contribution is 0.0703. The van der Waals surface area contributed by atoms with Gasteiger partial charge in [-0.25, -0.2) is 0 Å². The number of benzene rings is 1. The van der Waals surface area contributed by atoms with Crippen molar-refractivity contribution in [1.82, 2.24) is 10.2 Å². The topological polar surface area (TPSA) is 32.3 Å². The number of carbonyl (C=O) groups is 1. The Kier molecular flexibility index (Phi) is 4.07. The minimum Gasteiger partial charge on any atom is -0.339 e. The first kappa shape index (κ1) is 12.5. The van der Waals surface area contributed by atoms with Gasteiger partial charge in [-0.3, -0.25) is 4.79 Å². The molecule has 92 valence electrons. The zero-order chi connectivity index (χ0) is 12.3. The van der Waals surface area contributed by atoms with Crippen LogP contribution in [0, 0.1) is 0 Å². The van der Waals surface area contributed by atoms with Crippen molar-refractivity contribution in [1.29, 1.82) is 0 Å². The lowest BCUT2D eigenvalue weighted by atomic mass is 10.0. The zero-order valence-corrected chi connectivity index (χ0v) is 10.9. The van der Waals surface area contributed by atoms with Crippen molar-refractivity contribution in [2.45, 2.75) is 23.8 Å². The molecule has 4 heteroatoms. The van der Waals surface area contributed by atoms with Crippen molar-refractivity contribution >= 4 is 18.5 Å². The summed E-state index contributed by atoms with van der Waals surface area (Å²) < 4.78 is 0. The first-order valence-electron chi connectivity index (χ1n) is 5.95. The van der Waals surface area contributed by atoms with Crippen LogP contribution in [0.1, 0.15) is 23.2 Å². The Hall–Kier alpha value is -1.00. The SMILES string of the molecule is CN(C(=O)c1cccc(S)c1)C1CCNCC1. The van der Waals surface area contributed by atoms with E-state index in [0.717, 1.165) is 36.4 Å². The zero-order valence-electron chi connectivity index (χ0n) is 10.0. The van der Waals surface area contributed by atoms with E-state index in [1.54, 1.807) is 0 Å². The van der Waals surface area contributed by atoms with Crippen LogP contribution in [0.4, 0.5) is 0 Å². The third-order valence-electron chi connectivity index (χ3n) is 3.27. The molecule has 1 saturated heterocycles. The van der Waals surface area contributed by atoms with Gasteiger partial charge in [-0.05, 0) is 44.1 Å². The number of hydrogen-bond acceptors (Lipinski definition) is 3. The van der Waals surface area contributed by atoms with Crippen LogP contribution in [0.15, 0.2) is 29.2 Å². The molecule has 17 heavy (non-hydrogen) atoms. The van der Waals surface area contributed by atoms with Crippen LogP contribution in [-0.2, 0) is 0 Å². The first-order chi connectivity index (χ1) is 8.18. The summed E-state index contributed by atoms with van der Waals surface area (Å²) in [5.41, 5.74) is 0.721. The Balaban J connectivity index is 2.08. The van der Waals surface area contributed by atoms with Gasteiger partial charge in [0.25, 0.3) is 5.91 Å². The molecule has 1 N–H and O–H groups in total. The standard InChI is InChI=1S/C13H18N2OS/c1-15(11-5-7-14-8-6-11)13(16)10-3-2-4-12(17)9-10/h2-4,9,11,14,17H,5-8H2,1H3. The van der Waals surface area contributed by atoms with E-state index < -0.39 is 0 Å². The van der Waals surface area contributed by atoms with Crippen LogP contribution in [0.3, 0.4) is 0 Å². The normalized spacial score (nSPS) is 16.8. The highest BCUT2D eigenvalue weighted by Crippen LogP contribution is 2.15. The van der Waals surface area contributed by atoms with Crippen molar-refractivity contribution < 1.29 is 4.79 Å². The van der Waals surface area contributed by atoms with Crippen LogP contribution in [0.5, 0.6) is 0 Å². The van der Waals surface area contributed by atoms with Crippen molar-refractivity contribution in [2.24, 2.45) is 0 Å². The van der Waals surface area contributed by atoms with Gasteiger partial charge in [0.15, 0.2) is 0 Å². The molecule has 0 aliphatic carbocycles. The molecule has 1 aromatic carbocycles. The van der Waals surface area contributed by atoms with Gasteiger partial charge >= 0.3 is 0 Å². The molecule has 1 fully saturated rings. The molecule has 0 aromatic heterocycles. The summed E-state index contributed by atoms with van der Waals surface area (Å²) in [5.74, 6) is 0.0906. The van der Waals surface area contributed by atoms with Crippen molar-refractivity contribution in [3.8, 4) is 0 Å². The second kappa shape index (κ2) is 5.56. The van der Waals surface area contributed by atoms with Crippen LogP contribution in [0.25, 0.3) is 0 Å². The lowest BCUT2D eigenvalue weighted by Crippen LogP contribution is -2.43. The fourth-order valence-corrected chi connectivity index (χ4v) is 2.43. The first-order valence-corrected chi connectivity index (χ1v) is 6.40. The molecule has 1 amide bonds. The lowest BCUT2D eigenvalue weighted by Gasteiger charge is -2.31. The van der Waals surface area contributed by atoms with Crippen LogP contribution in [-0.4, -0.2) is 37.0 Å². The monoisotopic (exact) mass is 250 g/mol. The highest BCUT2D eigenvalue weighted by molar-refractivity contribution is 7.80. The molecule has 0 atom stereocenters. The number of thiol groups is 1. The number of hydrogen-bond donors (Lipinski definition) is 2. The maximum Gasteiger partial charge on any atom is 0.253 e. The molecule has 0 bridgehead atoms. The van der Waals surface area contributed by atoms with Crippen molar-refractivity contribution in [3.05, 3.63) is 29.8 Å². The maximum atomic E-state index is 12.3. The highest BCUT2D eigenvalue weighted by atomic mass is 32.1. The summed E-state index contributed by atoms with van der Waals surface area (Å²) in [6.07, 6.45) is 2.06. The summed E-state index contributed by atoms with van der Waals surface area (Å²) in [5, 5.41) is 3.31. The molecule has 0 spiro atoms. The van der Waals surface area contributed by atoms with Gasteiger partial charge in [0.05, 0.1) is 0 Å². The molecule has 1 aliphatic heterocycles. The number of carbonyl (C=O) groups excluding carboxylic acids is 1.